The monoisotopic (exact) mass is 970 g/mol. The number of carbonyl (C=O) groups is 4. The van der Waals surface area contributed by atoms with Gasteiger partial charge in [-0.25, -0.2) is 0 Å². The van der Waals surface area contributed by atoms with Crippen LogP contribution in [0.5, 0.6) is 0 Å². The number of nitrogens with zero attached hydrogens (tertiary/aromatic N) is 4. The highest BCUT2D eigenvalue weighted by molar-refractivity contribution is 5.85. The minimum Gasteiger partial charge on any atom is -0.394 e. The van der Waals surface area contributed by atoms with E-state index in [1.807, 2.05) is 17.2 Å². The van der Waals surface area contributed by atoms with E-state index in [1.165, 1.54) is 78.5 Å². The molecule has 4 amide bonds. The van der Waals surface area contributed by atoms with Crippen LogP contribution in [0.15, 0.2) is 85.1 Å². The average molecular weight is 970 g/mol. The largest absolute Gasteiger partial charge is 0.394 e. The maximum atomic E-state index is 12.5. The Labute approximate surface area is 416 Å². The van der Waals surface area contributed by atoms with E-state index in [0.29, 0.717) is 65.7 Å². The predicted octanol–water partition coefficient (Wildman–Crippen LogP) is 4.98. The maximum absolute atomic E-state index is 12.5. The summed E-state index contributed by atoms with van der Waals surface area (Å²) in [4.78, 5) is 50.2. The Bertz CT molecular complexity index is 2010. The third-order valence-electron chi connectivity index (χ3n) is 11.8. The zero-order valence-electron chi connectivity index (χ0n) is 41.6. The molecule has 2 saturated heterocycles. The van der Waals surface area contributed by atoms with Crippen molar-refractivity contribution in [2.24, 2.45) is 11.5 Å². The number of ether oxygens (including phenoxy) is 4. The van der Waals surface area contributed by atoms with Gasteiger partial charge in [0.1, 0.15) is 0 Å². The Hall–Kier alpha value is -5.75. The number of hydrogen-bond acceptors (Lipinski definition) is 12. The van der Waals surface area contributed by atoms with Gasteiger partial charge in [0.05, 0.1) is 71.6 Å². The van der Waals surface area contributed by atoms with Crippen molar-refractivity contribution in [2.45, 2.75) is 64.7 Å². The van der Waals surface area contributed by atoms with Crippen LogP contribution in [-0.4, -0.2) is 157 Å². The fraction of sp³-hybridized carbons (Fsp3) is 0.500. The van der Waals surface area contributed by atoms with Gasteiger partial charge < -0.3 is 50.6 Å². The lowest BCUT2D eigenvalue weighted by atomic mass is 9.92. The number of carbonyl (C=O) groups excluding carboxylic acids is 4. The first kappa shape index (κ1) is 58.6. The van der Waals surface area contributed by atoms with E-state index < -0.39 is 0 Å². The molecule has 2 aliphatic heterocycles. The second-order valence-corrected chi connectivity index (χ2v) is 16.7. The topological polar surface area (TPSA) is 212 Å². The van der Waals surface area contributed by atoms with Crippen molar-refractivity contribution < 1.29 is 43.2 Å². The van der Waals surface area contributed by atoms with E-state index >= 15 is 0 Å². The van der Waals surface area contributed by atoms with Gasteiger partial charge in [0.25, 0.3) is 0 Å². The van der Waals surface area contributed by atoms with E-state index in [1.54, 1.807) is 18.2 Å². The molecule has 0 spiro atoms. The van der Waals surface area contributed by atoms with Crippen molar-refractivity contribution in [3.8, 4) is 22.4 Å². The van der Waals surface area contributed by atoms with Gasteiger partial charge in [-0.2, -0.15) is 0 Å². The second-order valence-electron chi connectivity index (χ2n) is 16.7. The van der Waals surface area contributed by atoms with Crippen molar-refractivity contribution in [1.29, 1.82) is 0 Å². The number of rotatable bonds is 21. The number of piperidine rings is 1. The Morgan fingerprint density at radius 3 is 1.91 bits per heavy atom. The number of primary amides is 2. The summed E-state index contributed by atoms with van der Waals surface area (Å²) >= 11 is 0. The third-order valence-corrected chi connectivity index (χ3v) is 11.8. The molecule has 1 aromatic heterocycles. The standard InChI is InChI=1S/C40H56N4O6.C10H12.C2H5NO.2CH3NO/c1-33-10-13-41-39(30-33)38-32-36(43-14-3-2-4-15-43)8-9-37(38)35-7-5-6-34(31-35)11-22-47-26-28-50-29-27-48-23-12-40(46)44-18-16-42(17-19-44)20-24-49-25-21-45;1-2-6-10-8-4-3-7-9(10)5-1;1-3-2-4;2*2-1-3/h5-10,13,30-32,45H,2-4,11-12,14-29H2,1H3;1-2,5-6H,3-4,7-8H2;2H,1H3,(H,3,4);2*1H,(H2,2,3). The molecule has 70 heavy (non-hydrogen) atoms. The first-order chi connectivity index (χ1) is 34.3. The molecule has 3 aromatic carbocycles. The summed E-state index contributed by atoms with van der Waals surface area (Å²) in [6, 6.07) is 28.6. The molecule has 0 radical (unpaired) electrons. The average Bonchev–Trinajstić information content (AvgIpc) is 3.40. The lowest BCUT2D eigenvalue weighted by molar-refractivity contribution is -0.134. The van der Waals surface area contributed by atoms with E-state index in [9.17, 15) is 4.79 Å². The quantitative estimate of drug-likeness (QED) is 0.0644. The summed E-state index contributed by atoms with van der Waals surface area (Å²) < 4.78 is 22.5. The van der Waals surface area contributed by atoms with Crippen LogP contribution in [0.25, 0.3) is 22.4 Å². The Morgan fingerprint density at radius 1 is 0.686 bits per heavy atom. The molecular weight excluding hydrogens is 891 g/mol. The predicted molar refractivity (Wildman–Crippen MR) is 276 cm³/mol. The first-order valence-corrected chi connectivity index (χ1v) is 24.6. The Kier molecular flexibility index (Phi) is 31.1. The smallest absolute Gasteiger partial charge is 0.224 e. The lowest BCUT2D eigenvalue weighted by Gasteiger charge is -2.34. The van der Waals surface area contributed by atoms with Gasteiger partial charge in [-0.15, -0.1) is 0 Å². The number of nitrogens with two attached hydrogens (primary N) is 2. The van der Waals surface area contributed by atoms with E-state index in [4.69, 9.17) is 43.4 Å². The fourth-order valence-corrected chi connectivity index (χ4v) is 8.23. The van der Waals surface area contributed by atoms with Crippen molar-refractivity contribution >= 4 is 30.8 Å². The minimum absolute atomic E-state index is 0.0481. The summed E-state index contributed by atoms with van der Waals surface area (Å²) in [6.45, 7) is 12.3. The van der Waals surface area contributed by atoms with Crippen LogP contribution < -0.4 is 21.7 Å². The number of aliphatic hydroxyl groups excluding tert-OH is 1. The van der Waals surface area contributed by atoms with Gasteiger partial charge in [-0.3, -0.25) is 29.1 Å². The van der Waals surface area contributed by atoms with Gasteiger partial charge in [-0.05, 0) is 116 Å². The van der Waals surface area contributed by atoms with Crippen LogP contribution in [0.4, 0.5) is 5.69 Å². The molecule has 16 heteroatoms. The first-order valence-electron chi connectivity index (χ1n) is 24.6. The van der Waals surface area contributed by atoms with Crippen molar-refractivity contribution in [1.82, 2.24) is 20.1 Å². The number of benzene rings is 3. The number of piperazine rings is 1. The number of fused-ring (bicyclic) bond motifs is 1. The number of pyridine rings is 1. The fourth-order valence-electron chi connectivity index (χ4n) is 8.23. The van der Waals surface area contributed by atoms with E-state index in [-0.39, 0.29) is 25.3 Å². The number of aromatic nitrogens is 1. The molecule has 0 saturated carbocycles. The van der Waals surface area contributed by atoms with Crippen LogP contribution in [0, 0.1) is 6.92 Å². The third kappa shape index (κ3) is 23.2. The van der Waals surface area contributed by atoms with Crippen LogP contribution in [0.3, 0.4) is 0 Å². The normalized spacial score (nSPS) is 14.0. The van der Waals surface area contributed by atoms with Gasteiger partial charge in [0, 0.05) is 70.3 Å². The van der Waals surface area contributed by atoms with E-state index in [0.717, 1.165) is 57.9 Å². The number of nitrogens with one attached hydrogen (secondary N) is 1. The maximum Gasteiger partial charge on any atom is 0.224 e. The molecule has 3 aliphatic rings. The number of aliphatic hydroxyl groups is 1. The molecule has 16 nitrogen and oxygen atoms in total. The Morgan fingerprint density at radius 2 is 1.30 bits per heavy atom. The molecule has 6 N–H and O–H groups in total. The summed E-state index contributed by atoms with van der Waals surface area (Å²) in [7, 11) is 1.56. The van der Waals surface area contributed by atoms with Crippen molar-refractivity contribution in [3.05, 3.63) is 107 Å². The molecule has 0 bridgehead atoms. The molecule has 4 aromatic rings. The van der Waals surface area contributed by atoms with Crippen LogP contribution >= 0.6 is 0 Å². The van der Waals surface area contributed by atoms with Crippen molar-refractivity contribution in [2.75, 3.05) is 117 Å². The number of anilines is 1. The molecule has 7 rings (SSSR count). The second kappa shape index (κ2) is 37.1. The highest BCUT2D eigenvalue weighted by Gasteiger charge is 2.21. The number of hydrogen-bond donors (Lipinski definition) is 4. The summed E-state index contributed by atoms with van der Waals surface area (Å²) in [5.74, 6) is 0.135. The molecular formula is C54H79N7O9. The van der Waals surface area contributed by atoms with Gasteiger partial charge in [0.15, 0.2) is 0 Å². The van der Waals surface area contributed by atoms with E-state index in [2.05, 4.69) is 106 Å². The molecule has 0 unspecified atom stereocenters. The number of aryl methyl sites for hydroxylation is 3. The molecule has 0 atom stereocenters. The highest BCUT2D eigenvalue weighted by Crippen LogP contribution is 2.36. The van der Waals surface area contributed by atoms with Crippen molar-refractivity contribution in [3.63, 3.8) is 0 Å². The summed E-state index contributed by atoms with van der Waals surface area (Å²) in [6.07, 6.45) is 13.4. The zero-order valence-corrected chi connectivity index (χ0v) is 41.6. The molecule has 1 aliphatic carbocycles. The summed E-state index contributed by atoms with van der Waals surface area (Å²) in [5, 5.41) is 11.0. The van der Waals surface area contributed by atoms with Crippen LogP contribution in [0.1, 0.15) is 60.8 Å². The summed E-state index contributed by atoms with van der Waals surface area (Å²) in [5.41, 5.74) is 19.8. The number of amides is 4. The SMILES string of the molecule is CNC=O.Cc1ccnc(-c2cc(N3CCCCC3)ccc2-c2cccc(CCOCCOCCOCCC(=O)N3CCN(CCOCCO)CC3)c2)c1.NC=O.NC=O.c1ccc2c(c1)CCCC2. The molecule has 3 heterocycles. The zero-order chi connectivity index (χ0) is 50.4. The lowest BCUT2D eigenvalue weighted by Crippen LogP contribution is -2.49. The van der Waals surface area contributed by atoms with Crippen LogP contribution in [-0.2, 0) is 57.4 Å². The highest BCUT2D eigenvalue weighted by atomic mass is 16.5. The van der Waals surface area contributed by atoms with Gasteiger partial charge in [-0.1, -0.05) is 54.6 Å². The van der Waals surface area contributed by atoms with Gasteiger partial charge >= 0.3 is 0 Å². The minimum atomic E-state index is 0.0481. The molecule has 384 valence electrons. The van der Waals surface area contributed by atoms with Gasteiger partial charge in [0.2, 0.25) is 25.1 Å². The van der Waals surface area contributed by atoms with Crippen LogP contribution in [0.2, 0.25) is 0 Å². The Balaban J connectivity index is 0.000000538. The molecule has 2 fully saturated rings.